The number of anilines is 2. The van der Waals surface area contributed by atoms with Crippen LogP contribution in [0.15, 0.2) is 58.8 Å². The van der Waals surface area contributed by atoms with Crippen LogP contribution < -0.4 is 14.9 Å². The Balaban J connectivity index is 1.50. The van der Waals surface area contributed by atoms with E-state index in [9.17, 15) is 8.42 Å². The molecule has 0 atom stereocenters. The van der Waals surface area contributed by atoms with Gasteiger partial charge in [-0.15, -0.1) is 11.3 Å². The van der Waals surface area contributed by atoms with Gasteiger partial charge in [0, 0.05) is 42.1 Å². The Bertz CT molecular complexity index is 1090. The zero-order valence-corrected chi connectivity index (χ0v) is 17.3. The summed E-state index contributed by atoms with van der Waals surface area (Å²) in [6.45, 7) is 2.87. The molecule has 1 aliphatic rings. The summed E-state index contributed by atoms with van der Waals surface area (Å²) < 4.78 is 23.7. The molecule has 1 saturated heterocycles. The quantitative estimate of drug-likeness (QED) is 0.680. The van der Waals surface area contributed by atoms with Crippen molar-refractivity contribution in [2.45, 2.75) is 4.90 Å². The van der Waals surface area contributed by atoms with Crippen LogP contribution in [-0.4, -0.2) is 39.6 Å². The minimum absolute atomic E-state index is 0.165. The van der Waals surface area contributed by atoms with Gasteiger partial charge in [-0.2, -0.15) is 0 Å². The van der Waals surface area contributed by atoms with Crippen LogP contribution in [-0.2, 0) is 10.0 Å². The fourth-order valence-corrected chi connectivity index (χ4v) is 5.17. The van der Waals surface area contributed by atoms with E-state index in [4.69, 9.17) is 21.7 Å². The molecule has 6 nitrogen and oxygen atoms in total. The van der Waals surface area contributed by atoms with Crippen LogP contribution in [0.5, 0.6) is 0 Å². The van der Waals surface area contributed by atoms with Gasteiger partial charge in [0.15, 0.2) is 5.13 Å². The number of hydrogen-bond donors (Lipinski definition) is 1. The smallest absolute Gasteiger partial charge is 0.240 e. The van der Waals surface area contributed by atoms with E-state index in [1.807, 2.05) is 35.7 Å². The van der Waals surface area contributed by atoms with E-state index in [0.29, 0.717) is 23.8 Å². The molecule has 9 heteroatoms. The highest BCUT2D eigenvalue weighted by atomic mass is 35.5. The van der Waals surface area contributed by atoms with Crippen molar-refractivity contribution in [2.75, 3.05) is 36.0 Å². The van der Waals surface area contributed by atoms with E-state index in [2.05, 4.69) is 9.80 Å². The molecule has 0 unspecified atom stereocenters. The molecule has 1 fully saturated rings. The van der Waals surface area contributed by atoms with Gasteiger partial charge in [-0.3, -0.25) is 0 Å². The summed E-state index contributed by atoms with van der Waals surface area (Å²) >= 11 is 7.86. The standard InChI is InChI=1S/C19H19ClN4O2S2/c20-15-6-2-1-5-14(15)16-13-27-19(22-16)24-11-9-23(10-12-24)17-7-3-4-8-18(17)28(21,25)26/h1-8,13H,9-12H2,(H2,21,25,26). The zero-order valence-electron chi connectivity index (χ0n) is 15.0. The van der Waals surface area contributed by atoms with E-state index in [1.54, 1.807) is 29.5 Å². The van der Waals surface area contributed by atoms with E-state index in [-0.39, 0.29) is 4.90 Å². The number of thiazole rings is 1. The first-order valence-corrected chi connectivity index (χ1v) is 11.6. The van der Waals surface area contributed by atoms with Crippen LogP contribution in [0, 0.1) is 0 Å². The van der Waals surface area contributed by atoms with Gasteiger partial charge in [-0.1, -0.05) is 41.9 Å². The van der Waals surface area contributed by atoms with Crippen molar-refractivity contribution in [2.24, 2.45) is 5.14 Å². The summed E-state index contributed by atoms with van der Waals surface area (Å²) in [5.74, 6) is 0. The molecule has 1 aromatic heterocycles. The maximum atomic E-state index is 11.9. The van der Waals surface area contributed by atoms with Gasteiger partial charge in [0.25, 0.3) is 0 Å². The van der Waals surface area contributed by atoms with Crippen LogP contribution in [0.1, 0.15) is 0 Å². The molecule has 0 saturated carbocycles. The molecular weight excluding hydrogens is 416 g/mol. The van der Waals surface area contributed by atoms with Crippen molar-refractivity contribution < 1.29 is 8.42 Å². The van der Waals surface area contributed by atoms with Crippen LogP contribution in [0.4, 0.5) is 10.8 Å². The molecule has 3 aromatic rings. The minimum atomic E-state index is -3.76. The number of nitrogens with two attached hydrogens (primary N) is 1. The number of benzene rings is 2. The second kappa shape index (κ2) is 7.71. The molecule has 1 aliphatic heterocycles. The topological polar surface area (TPSA) is 79.5 Å². The number of halogens is 1. The highest BCUT2D eigenvalue weighted by molar-refractivity contribution is 7.89. The summed E-state index contributed by atoms with van der Waals surface area (Å²) in [5.41, 5.74) is 2.44. The van der Waals surface area contributed by atoms with Crippen molar-refractivity contribution in [3.63, 3.8) is 0 Å². The largest absolute Gasteiger partial charge is 0.367 e. The predicted octanol–water partition coefficient (Wildman–Crippen LogP) is 3.44. The van der Waals surface area contributed by atoms with Crippen molar-refractivity contribution >= 4 is 43.8 Å². The molecule has 0 aliphatic carbocycles. The lowest BCUT2D eigenvalue weighted by Gasteiger charge is -2.36. The molecule has 0 radical (unpaired) electrons. The molecule has 4 rings (SSSR count). The Morgan fingerprint density at radius 1 is 0.964 bits per heavy atom. The molecule has 2 N–H and O–H groups in total. The lowest BCUT2D eigenvalue weighted by molar-refractivity contribution is 0.595. The van der Waals surface area contributed by atoms with Crippen LogP contribution in [0.3, 0.4) is 0 Å². The number of aromatic nitrogens is 1. The highest BCUT2D eigenvalue weighted by Gasteiger charge is 2.24. The maximum absolute atomic E-state index is 11.9. The van der Waals surface area contributed by atoms with Gasteiger partial charge < -0.3 is 9.80 Å². The number of piperazine rings is 1. The molecule has 0 bridgehead atoms. The summed E-state index contributed by atoms with van der Waals surface area (Å²) in [7, 11) is -3.76. The fourth-order valence-electron chi connectivity index (χ4n) is 3.30. The van der Waals surface area contributed by atoms with E-state index < -0.39 is 10.0 Å². The Morgan fingerprint density at radius 2 is 1.61 bits per heavy atom. The third-order valence-corrected chi connectivity index (χ3v) is 6.89. The van der Waals surface area contributed by atoms with Gasteiger partial charge in [0.2, 0.25) is 10.0 Å². The van der Waals surface area contributed by atoms with Gasteiger partial charge in [-0.05, 0) is 18.2 Å². The average Bonchev–Trinajstić information content (AvgIpc) is 3.18. The first-order valence-electron chi connectivity index (χ1n) is 8.75. The normalized spacial score (nSPS) is 15.1. The van der Waals surface area contributed by atoms with Crippen LogP contribution in [0.2, 0.25) is 5.02 Å². The van der Waals surface area contributed by atoms with Gasteiger partial charge >= 0.3 is 0 Å². The Morgan fingerprint density at radius 3 is 2.32 bits per heavy atom. The monoisotopic (exact) mass is 434 g/mol. The molecule has 0 spiro atoms. The first-order chi connectivity index (χ1) is 13.4. The molecule has 2 heterocycles. The number of sulfonamides is 1. The minimum Gasteiger partial charge on any atom is -0.367 e. The predicted molar refractivity (Wildman–Crippen MR) is 115 cm³/mol. The number of primary sulfonamides is 1. The average molecular weight is 435 g/mol. The fraction of sp³-hybridized carbons (Fsp3) is 0.211. The van der Waals surface area contributed by atoms with Gasteiger partial charge in [0.1, 0.15) is 4.90 Å². The van der Waals surface area contributed by atoms with E-state index >= 15 is 0 Å². The van der Waals surface area contributed by atoms with Crippen LogP contribution in [0.25, 0.3) is 11.3 Å². The summed E-state index contributed by atoms with van der Waals surface area (Å²) in [4.78, 5) is 9.17. The Hall–Kier alpha value is -2.13. The highest BCUT2D eigenvalue weighted by Crippen LogP contribution is 2.33. The SMILES string of the molecule is NS(=O)(=O)c1ccccc1N1CCN(c2nc(-c3ccccc3Cl)cs2)CC1. The first kappa shape index (κ1) is 19.2. The zero-order chi connectivity index (χ0) is 19.7. The van der Waals surface area contributed by atoms with Crippen molar-refractivity contribution in [1.82, 2.24) is 4.98 Å². The lowest BCUT2D eigenvalue weighted by Crippen LogP contribution is -2.47. The second-order valence-electron chi connectivity index (χ2n) is 6.48. The summed E-state index contributed by atoms with van der Waals surface area (Å²) in [6.07, 6.45) is 0. The molecular formula is C19H19ClN4O2S2. The van der Waals surface area contributed by atoms with E-state index in [1.165, 1.54) is 0 Å². The number of para-hydroxylation sites is 1. The van der Waals surface area contributed by atoms with Gasteiger partial charge in [0.05, 0.1) is 11.4 Å². The number of hydrogen-bond acceptors (Lipinski definition) is 6. The number of nitrogens with zero attached hydrogens (tertiary/aromatic N) is 3. The Labute approximate surface area is 173 Å². The summed E-state index contributed by atoms with van der Waals surface area (Å²) in [6, 6.07) is 14.5. The summed E-state index contributed by atoms with van der Waals surface area (Å²) in [5, 5.41) is 9.01. The molecule has 146 valence electrons. The van der Waals surface area contributed by atoms with Crippen molar-refractivity contribution in [1.29, 1.82) is 0 Å². The molecule has 28 heavy (non-hydrogen) atoms. The van der Waals surface area contributed by atoms with Crippen molar-refractivity contribution in [3.05, 3.63) is 58.9 Å². The Kier molecular flexibility index (Phi) is 5.29. The number of rotatable bonds is 4. The third kappa shape index (κ3) is 3.86. The van der Waals surface area contributed by atoms with Gasteiger partial charge in [-0.25, -0.2) is 18.5 Å². The maximum Gasteiger partial charge on any atom is 0.240 e. The van der Waals surface area contributed by atoms with E-state index in [0.717, 1.165) is 29.5 Å². The second-order valence-corrected chi connectivity index (χ2v) is 9.26. The third-order valence-electron chi connectivity index (χ3n) is 4.70. The molecule has 0 amide bonds. The molecule has 2 aromatic carbocycles. The lowest BCUT2D eigenvalue weighted by atomic mass is 10.2. The van der Waals surface area contributed by atoms with Crippen molar-refractivity contribution in [3.8, 4) is 11.3 Å². The van der Waals surface area contributed by atoms with Crippen LogP contribution >= 0.6 is 22.9 Å².